The minimum absolute atomic E-state index is 0.0116. The SMILES string of the molecule is COc1ccc(C2CC(c3nc(-c4cccc(OC)c4OC)no3)NN2)c(OC)c1. The number of hydrogen-bond acceptors (Lipinski definition) is 9. The zero-order valence-corrected chi connectivity index (χ0v) is 17.3. The van der Waals surface area contributed by atoms with Crippen LogP contribution >= 0.6 is 0 Å². The highest BCUT2D eigenvalue weighted by Gasteiger charge is 2.32. The van der Waals surface area contributed by atoms with E-state index < -0.39 is 0 Å². The molecule has 1 aromatic heterocycles. The van der Waals surface area contributed by atoms with Crippen LogP contribution in [-0.4, -0.2) is 38.6 Å². The lowest BCUT2D eigenvalue weighted by Crippen LogP contribution is -2.27. The van der Waals surface area contributed by atoms with E-state index in [0.717, 1.165) is 17.1 Å². The summed E-state index contributed by atoms with van der Waals surface area (Å²) in [4.78, 5) is 4.58. The fourth-order valence-corrected chi connectivity index (χ4v) is 3.58. The summed E-state index contributed by atoms with van der Waals surface area (Å²) in [7, 11) is 6.44. The molecule has 0 radical (unpaired) electrons. The molecule has 1 fully saturated rings. The van der Waals surface area contributed by atoms with Gasteiger partial charge in [0, 0.05) is 11.6 Å². The number of hydrogen-bond donors (Lipinski definition) is 2. The molecule has 2 heterocycles. The maximum Gasteiger partial charge on any atom is 0.245 e. The molecule has 9 nitrogen and oxygen atoms in total. The number of hydrazine groups is 1. The minimum atomic E-state index is -0.153. The average molecular weight is 412 g/mol. The third-order valence-corrected chi connectivity index (χ3v) is 5.10. The Hall–Kier alpha value is -3.30. The molecule has 30 heavy (non-hydrogen) atoms. The largest absolute Gasteiger partial charge is 0.497 e. The van der Waals surface area contributed by atoms with Gasteiger partial charge in [0.1, 0.15) is 17.5 Å². The van der Waals surface area contributed by atoms with Crippen molar-refractivity contribution in [2.75, 3.05) is 28.4 Å². The number of nitrogens with zero attached hydrogens (tertiary/aromatic N) is 2. The topological polar surface area (TPSA) is 99.9 Å². The molecule has 0 bridgehead atoms. The number of methoxy groups -OCH3 is 4. The molecule has 0 amide bonds. The molecule has 9 heteroatoms. The van der Waals surface area contributed by atoms with Crippen LogP contribution in [-0.2, 0) is 0 Å². The number of nitrogens with one attached hydrogen (secondary N) is 2. The van der Waals surface area contributed by atoms with Gasteiger partial charge in [-0.2, -0.15) is 4.98 Å². The van der Waals surface area contributed by atoms with Gasteiger partial charge >= 0.3 is 0 Å². The zero-order chi connectivity index (χ0) is 21.1. The molecule has 1 saturated heterocycles. The van der Waals surface area contributed by atoms with E-state index in [0.29, 0.717) is 35.2 Å². The number of para-hydroxylation sites is 1. The molecule has 1 aliphatic heterocycles. The summed E-state index contributed by atoms with van der Waals surface area (Å²) in [6.45, 7) is 0. The van der Waals surface area contributed by atoms with Gasteiger partial charge in [0.15, 0.2) is 11.5 Å². The van der Waals surface area contributed by atoms with Crippen molar-refractivity contribution in [1.29, 1.82) is 0 Å². The second kappa shape index (κ2) is 8.60. The quantitative estimate of drug-likeness (QED) is 0.606. The first-order valence-corrected chi connectivity index (χ1v) is 9.46. The van der Waals surface area contributed by atoms with Crippen LogP contribution in [0.15, 0.2) is 40.9 Å². The van der Waals surface area contributed by atoms with E-state index in [-0.39, 0.29) is 12.1 Å². The van der Waals surface area contributed by atoms with Crippen molar-refractivity contribution in [3.8, 4) is 34.4 Å². The summed E-state index contributed by atoms with van der Waals surface area (Å²) in [6, 6.07) is 11.2. The number of aromatic nitrogens is 2. The number of ether oxygens (including phenoxy) is 4. The molecule has 1 aliphatic rings. The zero-order valence-electron chi connectivity index (χ0n) is 17.3. The maximum absolute atomic E-state index is 5.54. The Labute approximate surface area is 174 Å². The van der Waals surface area contributed by atoms with Crippen molar-refractivity contribution >= 4 is 0 Å². The monoisotopic (exact) mass is 412 g/mol. The highest BCUT2D eigenvalue weighted by molar-refractivity contribution is 5.68. The predicted octanol–water partition coefficient (Wildman–Crippen LogP) is 3.05. The summed E-state index contributed by atoms with van der Waals surface area (Å²) in [6.07, 6.45) is 0.708. The average Bonchev–Trinajstić information content (AvgIpc) is 3.47. The Balaban J connectivity index is 1.55. The standard InChI is InChI=1S/C21H24N4O5/c1-26-12-8-9-13(18(10-12)28-3)15-11-16(24-23-15)21-22-20(25-30-21)14-6-5-7-17(27-2)19(14)29-4/h5-10,15-16,23-24H,11H2,1-4H3. The molecule has 0 spiro atoms. The first kappa shape index (κ1) is 20.0. The van der Waals surface area contributed by atoms with Gasteiger partial charge in [-0.1, -0.05) is 17.3 Å². The maximum atomic E-state index is 5.54. The van der Waals surface area contributed by atoms with Gasteiger partial charge < -0.3 is 23.5 Å². The van der Waals surface area contributed by atoms with Gasteiger partial charge in [0.25, 0.3) is 0 Å². The lowest BCUT2D eigenvalue weighted by atomic mass is 10.0. The van der Waals surface area contributed by atoms with Gasteiger partial charge in [-0.15, -0.1) is 0 Å². The van der Waals surface area contributed by atoms with Gasteiger partial charge in [-0.25, -0.2) is 10.9 Å². The van der Waals surface area contributed by atoms with Crippen LogP contribution in [0.1, 0.15) is 30.0 Å². The molecule has 0 saturated carbocycles. The Morgan fingerprint density at radius 2 is 1.70 bits per heavy atom. The minimum Gasteiger partial charge on any atom is -0.497 e. The lowest BCUT2D eigenvalue weighted by Gasteiger charge is -2.15. The molecular formula is C21H24N4O5. The van der Waals surface area contributed by atoms with Crippen LogP contribution in [0, 0.1) is 0 Å². The van der Waals surface area contributed by atoms with Crippen LogP contribution < -0.4 is 29.8 Å². The smallest absolute Gasteiger partial charge is 0.245 e. The third-order valence-electron chi connectivity index (χ3n) is 5.10. The van der Waals surface area contributed by atoms with Crippen molar-refractivity contribution in [2.24, 2.45) is 0 Å². The first-order valence-electron chi connectivity index (χ1n) is 9.46. The van der Waals surface area contributed by atoms with Crippen molar-refractivity contribution < 1.29 is 23.5 Å². The fraction of sp³-hybridized carbons (Fsp3) is 0.333. The summed E-state index contributed by atoms with van der Waals surface area (Å²) in [5, 5.41) is 4.14. The van der Waals surface area contributed by atoms with E-state index in [1.54, 1.807) is 28.4 Å². The number of benzene rings is 2. The first-order chi connectivity index (χ1) is 14.7. The molecule has 4 rings (SSSR count). The van der Waals surface area contributed by atoms with Crippen LogP contribution in [0.25, 0.3) is 11.4 Å². The highest BCUT2D eigenvalue weighted by atomic mass is 16.5. The van der Waals surface area contributed by atoms with Crippen LogP contribution in [0.2, 0.25) is 0 Å². The molecular weight excluding hydrogens is 388 g/mol. The van der Waals surface area contributed by atoms with Crippen molar-refractivity contribution in [3.63, 3.8) is 0 Å². The highest BCUT2D eigenvalue weighted by Crippen LogP contribution is 2.39. The molecule has 3 aromatic rings. The van der Waals surface area contributed by atoms with Crippen molar-refractivity contribution in [2.45, 2.75) is 18.5 Å². The molecule has 2 aromatic carbocycles. The van der Waals surface area contributed by atoms with E-state index in [1.165, 1.54) is 0 Å². The van der Waals surface area contributed by atoms with E-state index in [2.05, 4.69) is 21.0 Å². The summed E-state index contributed by atoms with van der Waals surface area (Å²) in [5.41, 5.74) is 8.22. The molecule has 2 atom stereocenters. The Bertz CT molecular complexity index is 1020. The van der Waals surface area contributed by atoms with Gasteiger partial charge in [-0.05, 0) is 24.6 Å². The Morgan fingerprint density at radius 1 is 0.900 bits per heavy atom. The second-order valence-electron chi connectivity index (χ2n) is 6.73. The van der Waals surface area contributed by atoms with Crippen LogP contribution in [0.5, 0.6) is 23.0 Å². The van der Waals surface area contributed by atoms with Crippen LogP contribution in [0.4, 0.5) is 0 Å². The Kier molecular flexibility index (Phi) is 5.73. The molecule has 0 aliphatic carbocycles. The summed E-state index contributed by atoms with van der Waals surface area (Å²) >= 11 is 0. The molecule has 2 unspecified atom stereocenters. The normalized spacial score (nSPS) is 18.3. The second-order valence-corrected chi connectivity index (χ2v) is 6.73. The fourth-order valence-electron chi connectivity index (χ4n) is 3.58. The van der Waals surface area contributed by atoms with E-state index in [4.69, 9.17) is 23.5 Å². The van der Waals surface area contributed by atoms with Crippen molar-refractivity contribution in [1.82, 2.24) is 21.0 Å². The van der Waals surface area contributed by atoms with E-state index >= 15 is 0 Å². The van der Waals surface area contributed by atoms with Crippen LogP contribution in [0.3, 0.4) is 0 Å². The molecule has 2 N–H and O–H groups in total. The molecule has 158 valence electrons. The van der Waals surface area contributed by atoms with E-state index in [9.17, 15) is 0 Å². The Morgan fingerprint density at radius 3 is 2.43 bits per heavy atom. The van der Waals surface area contributed by atoms with E-state index in [1.807, 2.05) is 36.4 Å². The predicted molar refractivity (Wildman–Crippen MR) is 109 cm³/mol. The summed E-state index contributed by atoms with van der Waals surface area (Å²) in [5.74, 6) is 3.58. The van der Waals surface area contributed by atoms with Gasteiger partial charge in [0.05, 0.1) is 40.0 Å². The summed E-state index contributed by atoms with van der Waals surface area (Å²) < 4.78 is 27.2. The number of rotatable bonds is 7. The van der Waals surface area contributed by atoms with Crippen molar-refractivity contribution in [3.05, 3.63) is 47.9 Å². The third kappa shape index (κ3) is 3.64. The lowest BCUT2D eigenvalue weighted by molar-refractivity contribution is 0.339. The van der Waals surface area contributed by atoms with Gasteiger partial charge in [-0.3, -0.25) is 0 Å². The van der Waals surface area contributed by atoms with Gasteiger partial charge in [0.2, 0.25) is 11.7 Å².